The molecular weight excluding hydrogens is 251 g/mol. The van der Waals surface area contributed by atoms with E-state index in [0.717, 1.165) is 12.1 Å². The monoisotopic (exact) mass is 266 g/mol. The summed E-state index contributed by atoms with van der Waals surface area (Å²) in [5, 5.41) is 2.42. The zero-order chi connectivity index (χ0) is 14.4. The minimum atomic E-state index is -0.915. The number of halogens is 1. The Hall–Kier alpha value is -2.24. The van der Waals surface area contributed by atoms with Crippen LogP contribution in [0.25, 0.3) is 0 Å². The highest BCUT2D eigenvalue weighted by Gasteiger charge is 2.19. The highest BCUT2D eigenvalue weighted by Crippen LogP contribution is 2.05. The SMILES string of the molecule is CC(=O)CC[C@@H](NC(=O)c1ccc(F)cc1)C(N)=O. The maximum Gasteiger partial charge on any atom is 0.251 e. The van der Waals surface area contributed by atoms with Crippen LogP contribution in [0, 0.1) is 5.82 Å². The first-order valence-corrected chi connectivity index (χ1v) is 5.75. The van der Waals surface area contributed by atoms with Crippen molar-refractivity contribution in [1.82, 2.24) is 5.32 Å². The van der Waals surface area contributed by atoms with E-state index in [4.69, 9.17) is 5.73 Å². The highest BCUT2D eigenvalue weighted by atomic mass is 19.1. The summed E-state index contributed by atoms with van der Waals surface area (Å²) >= 11 is 0. The topological polar surface area (TPSA) is 89.3 Å². The molecule has 0 bridgehead atoms. The minimum absolute atomic E-state index is 0.0951. The van der Waals surface area contributed by atoms with Gasteiger partial charge in [0.15, 0.2) is 0 Å². The van der Waals surface area contributed by atoms with Gasteiger partial charge in [-0.25, -0.2) is 4.39 Å². The van der Waals surface area contributed by atoms with E-state index in [1.807, 2.05) is 0 Å². The van der Waals surface area contributed by atoms with E-state index < -0.39 is 23.7 Å². The first-order valence-electron chi connectivity index (χ1n) is 5.75. The van der Waals surface area contributed by atoms with Crippen molar-refractivity contribution in [3.05, 3.63) is 35.6 Å². The molecule has 0 aliphatic carbocycles. The predicted octanol–water partition coefficient (Wildman–Crippen LogP) is 0.779. The normalized spacial score (nSPS) is 11.7. The summed E-state index contributed by atoms with van der Waals surface area (Å²) in [6.07, 6.45) is 0.301. The Labute approximate surface area is 110 Å². The molecule has 0 saturated heterocycles. The van der Waals surface area contributed by atoms with Gasteiger partial charge in [-0.15, -0.1) is 0 Å². The molecule has 1 aromatic rings. The zero-order valence-corrected chi connectivity index (χ0v) is 10.5. The number of primary amides is 1. The van der Waals surface area contributed by atoms with Gasteiger partial charge < -0.3 is 15.8 Å². The number of carbonyl (C=O) groups excluding carboxylic acids is 3. The van der Waals surface area contributed by atoms with Crippen LogP contribution in [0.3, 0.4) is 0 Å². The Bertz CT molecular complexity index is 485. The molecule has 0 aliphatic heterocycles. The van der Waals surface area contributed by atoms with Crippen molar-refractivity contribution in [1.29, 1.82) is 0 Å². The average Bonchev–Trinajstić information content (AvgIpc) is 2.34. The largest absolute Gasteiger partial charge is 0.368 e. The number of nitrogens with one attached hydrogen (secondary N) is 1. The smallest absolute Gasteiger partial charge is 0.251 e. The van der Waals surface area contributed by atoms with Crippen molar-refractivity contribution in [2.24, 2.45) is 5.73 Å². The van der Waals surface area contributed by atoms with Gasteiger partial charge in [0.05, 0.1) is 0 Å². The van der Waals surface area contributed by atoms with Crippen LogP contribution in [0.15, 0.2) is 24.3 Å². The first kappa shape index (κ1) is 14.8. The fraction of sp³-hybridized carbons (Fsp3) is 0.308. The van der Waals surface area contributed by atoms with E-state index in [9.17, 15) is 18.8 Å². The van der Waals surface area contributed by atoms with Gasteiger partial charge in [0, 0.05) is 12.0 Å². The minimum Gasteiger partial charge on any atom is -0.368 e. The van der Waals surface area contributed by atoms with E-state index in [0.29, 0.717) is 0 Å². The second-order valence-electron chi connectivity index (χ2n) is 4.18. The summed E-state index contributed by atoms with van der Waals surface area (Å²) in [6, 6.07) is 3.97. The lowest BCUT2D eigenvalue weighted by Gasteiger charge is -2.14. The second kappa shape index (κ2) is 6.63. The molecule has 2 amide bonds. The summed E-state index contributed by atoms with van der Waals surface area (Å²) < 4.78 is 12.7. The molecule has 0 saturated carbocycles. The number of benzene rings is 1. The Kier molecular flexibility index (Phi) is 5.17. The molecule has 5 nitrogen and oxygen atoms in total. The number of Topliss-reactive ketones (excluding diaryl/α,β-unsaturated/α-hetero) is 1. The summed E-state index contributed by atoms with van der Waals surface area (Å²) in [7, 11) is 0. The van der Waals surface area contributed by atoms with E-state index >= 15 is 0 Å². The van der Waals surface area contributed by atoms with E-state index in [-0.39, 0.29) is 24.2 Å². The summed E-state index contributed by atoms with van der Waals surface area (Å²) in [5.41, 5.74) is 5.37. The predicted molar refractivity (Wildman–Crippen MR) is 66.8 cm³/mol. The van der Waals surface area contributed by atoms with Crippen LogP contribution in [-0.2, 0) is 9.59 Å². The molecule has 1 aromatic carbocycles. The quantitative estimate of drug-likeness (QED) is 0.797. The Morgan fingerprint density at radius 3 is 2.32 bits per heavy atom. The molecule has 0 aliphatic rings. The molecule has 1 atom stereocenters. The third kappa shape index (κ3) is 4.87. The van der Waals surface area contributed by atoms with Crippen molar-refractivity contribution < 1.29 is 18.8 Å². The zero-order valence-electron chi connectivity index (χ0n) is 10.5. The van der Waals surface area contributed by atoms with Gasteiger partial charge in [0.2, 0.25) is 5.91 Å². The average molecular weight is 266 g/mol. The number of hydrogen-bond acceptors (Lipinski definition) is 3. The van der Waals surface area contributed by atoms with Crippen LogP contribution in [0.1, 0.15) is 30.1 Å². The van der Waals surface area contributed by atoms with Crippen molar-refractivity contribution >= 4 is 17.6 Å². The van der Waals surface area contributed by atoms with Crippen LogP contribution in [-0.4, -0.2) is 23.6 Å². The summed E-state index contributed by atoms with van der Waals surface area (Å²) in [6.45, 7) is 1.39. The van der Waals surface area contributed by atoms with Crippen LogP contribution < -0.4 is 11.1 Å². The molecule has 0 aromatic heterocycles. The van der Waals surface area contributed by atoms with Crippen LogP contribution >= 0.6 is 0 Å². The third-order valence-electron chi connectivity index (χ3n) is 2.54. The van der Waals surface area contributed by atoms with Gasteiger partial charge in [0.1, 0.15) is 17.6 Å². The van der Waals surface area contributed by atoms with Crippen molar-refractivity contribution in [2.75, 3.05) is 0 Å². The lowest BCUT2D eigenvalue weighted by atomic mass is 10.1. The second-order valence-corrected chi connectivity index (χ2v) is 4.18. The molecule has 3 N–H and O–H groups in total. The fourth-order valence-corrected chi connectivity index (χ4v) is 1.48. The number of hydrogen-bond donors (Lipinski definition) is 2. The summed E-state index contributed by atoms with van der Waals surface area (Å²) in [5.74, 6) is -1.80. The van der Waals surface area contributed by atoms with Crippen LogP contribution in [0.2, 0.25) is 0 Å². The molecule has 0 heterocycles. The Morgan fingerprint density at radius 1 is 1.26 bits per heavy atom. The molecular formula is C13H15FN2O3. The fourth-order valence-electron chi connectivity index (χ4n) is 1.48. The summed E-state index contributed by atoms with van der Waals surface area (Å²) in [4.78, 5) is 33.8. The van der Waals surface area contributed by atoms with E-state index in [1.54, 1.807) is 0 Å². The van der Waals surface area contributed by atoms with Crippen molar-refractivity contribution in [3.63, 3.8) is 0 Å². The van der Waals surface area contributed by atoms with Crippen molar-refractivity contribution in [3.8, 4) is 0 Å². The molecule has 1 rings (SSSR count). The van der Waals surface area contributed by atoms with Gasteiger partial charge in [-0.2, -0.15) is 0 Å². The molecule has 0 radical (unpaired) electrons. The van der Waals surface area contributed by atoms with E-state index in [1.165, 1.54) is 19.1 Å². The van der Waals surface area contributed by atoms with Crippen molar-refractivity contribution in [2.45, 2.75) is 25.8 Å². The standard InChI is InChI=1S/C13H15FN2O3/c1-8(17)2-7-11(12(15)18)16-13(19)9-3-5-10(14)6-4-9/h3-6,11H,2,7H2,1H3,(H2,15,18)(H,16,19)/t11-/m1/s1. The first-order chi connectivity index (χ1) is 8.90. The van der Waals surface area contributed by atoms with Gasteiger partial charge >= 0.3 is 0 Å². The number of amides is 2. The molecule has 0 spiro atoms. The molecule has 19 heavy (non-hydrogen) atoms. The number of rotatable bonds is 6. The Morgan fingerprint density at radius 2 is 1.84 bits per heavy atom. The Balaban J connectivity index is 2.68. The number of nitrogens with two attached hydrogens (primary N) is 1. The molecule has 0 fully saturated rings. The maximum atomic E-state index is 12.7. The lowest BCUT2D eigenvalue weighted by Crippen LogP contribution is -2.44. The molecule has 0 unspecified atom stereocenters. The van der Waals surface area contributed by atoms with Gasteiger partial charge in [-0.05, 0) is 37.6 Å². The van der Waals surface area contributed by atoms with Crippen LogP contribution in [0.5, 0.6) is 0 Å². The lowest BCUT2D eigenvalue weighted by molar-refractivity contribution is -0.120. The third-order valence-corrected chi connectivity index (χ3v) is 2.54. The molecule has 102 valence electrons. The van der Waals surface area contributed by atoms with Crippen LogP contribution in [0.4, 0.5) is 4.39 Å². The molecule has 6 heteroatoms. The van der Waals surface area contributed by atoms with E-state index in [2.05, 4.69) is 5.32 Å². The number of carbonyl (C=O) groups is 3. The highest BCUT2D eigenvalue weighted by molar-refractivity contribution is 5.97. The van der Waals surface area contributed by atoms with Gasteiger partial charge in [0.25, 0.3) is 5.91 Å². The maximum absolute atomic E-state index is 12.7. The number of ketones is 1. The van der Waals surface area contributed by atoms with Gasteiger partial charge in [-0.1, -0.05) is 0 Å². The van der Waals surface area contributed by atoms with Gasteiger partial charge in [-0.3, -0.25) is 9.59 Å².